The lowest BCUT2D eigenvalue weighted by Gasteiger charge is -2.20. The molecule has 2 aromatic carbocycles. The van der Waals surface area contributed by atoms with Gasteiger partial charge in [0, 0.05) is 17.0 Å². The van der Waals surface area contributed by atoms with Crippen LogP contribution in [0.1, 0.15) is 20.8 Å². The third kappa shape index (κ3) is 4.83. The van der Waals surface area contributed by atoms with Gasteiger partial charge in [0.2, 0.25) is 0 Å². The van der Waals surface area contributed by atoms with Crippen molar-refractivity contribution in [2.24, 2.45) is 0 Å². The van der Waals surface area contributed by atoms with Gasteiger partial charge in [-0.05, 0) is 41.3 Å². The molecule has 0 aliphatic heterocycles. The highest BCUT2D eigenvalue weighted by molar-refractivity contribution is 7.09. The smallest absolute Gasteiger partial charge is 0.254 e. The molecule has 0 atom stereocenters. The molecule has 0 saturated heterocycles. The fraction of sp³-hybridized carbons (Fsp3) is 0.136. The van der Waals surface area contributed by atoms with Crippen LogP contribution in [0.4, 0.5) is 0 Å². The molecule has 0 N–H and O–H groups in total. The van der Waals surface area contributed by atoms with Gasteiger partial charge in [-0.15, -0.1) is 17.9 Å². The molecular formula is C22H21NO2S. The van der Waals surface area contributed by atoms with Crippen LogP contribution in [0.2, 0.25) is 0 Å². The topological polar surface area (TPSA) is 29.5 Å². The summed E-state index contributed by atoms with van der Waals surface area (Å²) in [4.78, 5) is 15.8. The van der Waals surface area contributed by atoms with Gasteiger partial charge < -0.3 is 9.64 Å². The molecular weight excluding hydrogens is 342 g/mol. The zero-order chi connectivity index (χ0) is 18.2. The summed E-state index contributed by atoms with van der Waals surface area (Å²) in [5.41, 5.74) is 1.70. The van der Waals surface area contributed by atoms with Crippen LogP contribution in [-0.4, -0.2) is 17.4 Å². The van der Waals surface area contributed by atoms with E-state index < -0.39 is 0 Å². The molecule has 0 saturated carbocycles. The molecule has 4 heteroatoms. The van der Waals surface area contributed by atoms with Crippen molar-refractivity contribution in [3.05, 3.63) is 101 Å². The second-order valence-corrected chi connectivity index (χ2v) is 6.88. The summed E-state index contributed by atoms with van der Waals surface area (Å²) in [6, 6.07) is 21.3. The number of carbonyl (C=O) groups is 1. The number of nitrogens with zero attached hydrogens (tertiary/aromatic N) is 1. The number of hydrogen-bond donors (Lipinski definition) is 0. The van der Waals surface area contributed by atoms with Gasteiger partial charge in [-0.2, -0.15) is 0 Å². The van der Waals surface area contributed by atoms with E-state index in [9.17, 15) is 4.79 Å². The van der Waals surface area contributed by atoms with Crippen molar-refractivity contribution >= 4 is 17.2 Å². The maximum absolute atomic E-state index is 12.8. The van der Waals surface area contributed by atoms with Crippen LogP contribution in [-0.2, 0) is 13.2 Å². The van der Waals surface area contributed by atoms with Gasteiger partial charge in [-0.1, -0.05) is 42.5 Å². The van der Waals surface area contributed by atoms with Crippen molar-refractivity contribution in [2.75, 3.05) is 6.54 Å². The van der Waals surface area contributed by atoms with Crippen molar-refractivity contribution in [3.63, 3.8) is 0 Å². The SMILES string of the molecule is C=CCN(Cc1cccs1)C(=O)c1ccc(COc2ccccc2)cc1. The zero-order valence-corrected chi connectivity index (χ0v) is 15.3. The maximum Gasteiger partial charge on any atom is 0.254 e. The van der Waals surface area contributed by atoms with E-state index in [0.29, 0.717) is 25.3 Å². The number of thiophene rings is 1. The molecule has 3 nitrogen and oxygen atoms in total. The normalized spacial score (nSPS) is 10.3. The van der Waals surface area contributed by atoms with Crippen molar-refractivity contribution in [2.45, 2.75) is 13.2 Å². The summed E-state index contributed by atoms with van der Waals surface area (Å²) in [6.45, 7) is 5.36. The molecule has 0 bridgehead atoms. The summed E-state index contributed by atoms with van der Waals surface area (Å²) < 4.78 is 5.74. The van der Waals surface area contributed by atoms with E-state index in [2.05, 4.69) is 6.58 Å². The van der Waals surface area contributed by atoms with Crippen molar-refractivity contribution < 1.29 is 9.53 Å². The van der Waals surface area contributed by atoms with E-state index in [0.717, 1.165) is 16.2 Å². The van der Waals surface area contributed by atoms with Crippen LogP contribution >= 0.6 is 11.3 Å². The average molecular weight is 363 g/mol. The molecule has 1 amide bonds. The lowest BCUT2D eigenvalue weighted by molar-refractivity contribution is 0.0764. The Kier molecular flexibility index (Phi) is 6.23. The number of benzene rings is 2. The van der Waals surface area contributed by atoms with Crippen LogP contribution < -0.4 is 4.74 Å². The highest BCUT2D eigenvalue weighted by Crippen LogP contribution is 2.16. The van der Waals surface area contributed by atoms with Gasteiger partial charge in [0.05, 0.1) is 6.54 Å². The Morgan fingerprint density at radius 3 is 2.46 bits per heavy atom. The molecule has 3 aromatic rings. The second kappa shape index (κ2) is 9.02. The Labute approximate surface area is 158 Å². The Hall–Kier alpha value is -2.85. The van der Waals surface area contributed by atoms with Crippen molar-refractivity contribution in [1.29, 1.82) is 0 Å². The van der Waals surface area contributed by atoms with Crippen LogP contribution in [0.3, 0.4) is 0 Å². The monoisotopic (exact) mass is 363 g/mol. The van der Waals surface area contributed by atoms with E-state index in [4.69, 9.17) is 4.74 Å². The molecule has 0 aliphatic carbocycles. The number of para-hydroxylation sites is 1. The van der Waals surface area contributed by atoms with Gasteiger partial charge in [0.25, 0.3) is 5.91 Å². The van der Waals surface area contributed by atoms with Gasteiger partial charge in [0.15, 0.2) is 0 Å². The summed E-state index contributed by atoms with van der Waals surface area (Å²) >= 11 is 1.65. The Bertz CT molecular complexity index is 826. The maximum atomic E-state index is 12.8. The lowest BCUT2D eigenvalue weighted by atomic mass is 10.1. The highest BCUT2D eigenvalue weighted by atomic mass is 32.1. The summed E-state index contributed by atoms with van der Waals surface area (Å²) in [5.74, 6) is 0.842. The summed E-state index contributed by atoms with van der Waals surface area (Å²) in [5, 5.41) is 2.02. The fourth-order valence-electron chi connectivity index (χ4n) is 2.58. The molecule has 0 fully saturated rings. The van der Waals surface area contributed by atoms with E-state index in [-0.39, 0.29) is 5.91 Å². The Balaban J connectivity index is 1.64. The Morgan fingerprint density at radius 1 is 1.04 bits per heavy atom. The molecule has 1 aromatic heterocycles. The van der Waals surface area contributed by atoms with Crippen LogP contribution in [0.25, 0.3) is 0 Å². The number of carbonyl (C=O) groups excluding carboxylic acids is 1. The summed E-state index contributed by atoms with van der Waals surface area (Å²) in [6.07, 6.45) is 1.76. The minimum Gasteiger partial charge on any atom is -0.489 e. The van der Waals surface area contributed by atoms with Gasteiger partial charge in [-0.3, -0.25) is 4.79 Å². The predicted octanol–water partition coefficient (Wildman–Crippen LogP) is 5.16. The molecule has 0 spiro atoms. The van der Waals surface area contributed by atoms with E-state index >= 15 is 0 Å². The molecule has 3 rings (SSSR count). The van der Waals surface area contributed by atoms with Crippen LogP contribution in [0, 0.1) is 0 Å². The lowest BCUT2D eigenvalue weighted by Crippen LogP contribution is -2.30. The van der Waals surface area contributed by atoms with Crippen LogP contribution in [0.15, 0.2) is 84.8 Å². The summed E-state index contributed by atoms with van der Waals surface area (Å²) in [7, 11) is 0. The molecule has 1 heterocycles. The first-order valence-electron chi connectivity index (χ1n) is 8.45. The van der Waals surface area contributed by atoms with Crippen molar-refractivity contribution in [3.8, 4) is 5.75 Å². The first kappa shape index (κ1) is 18.0. The Morgan fingerprint density at radius 2 is 1.81 bits per heavy atom. The predicted molar refractivity (Wildman–Crippen MR) is 106 cm³/mol. The van der Waals surface area contributed by atoms with Gasteiger partial charge in [0.1, 0.15) is 12.4 Å². The molecule has 26 heavy (non-hydrogen) atoms. The number of amides is 1. The minimum absolute atomic E-state index is 0.00817. The highest BCUT2D eigenvalue weighted by Gasteiger charge is 2.15. The molecule has 0 radical (unpaired) electrons. The first-order valence-corrected chi connectivity index (χ1v) is 9.33. The quantitative estimate of drug-likeness (QED) is 0.518. The van der Waals surface area contributed by atoms with Crippen LogP contribution in [0.5, 0.6) is 5.75 Å². The average Bonchev–Trinajstić information content (AvgIpc) is 3.20. The van der Waals surface area contributed by atoms with Crippen molar-refractivity contribution in [1.82, 2.24) is 4.90 Å². The second-order valence-electron chi connectivity index (χ2n) is 5.85. The molecule has 0 unspecified atom stereocenters. The van der Waals surface area contributed by atoms with E-state index in [1.54, 1.807) is 22.3 Å². The van der Waals surface area contributed by atoms with Gasteiger partial charge in [-0.25, -0.2) is 0 Å². The molecule has 132 valence electrons. The largest absolute Gasteiger partial charge is 0.489 e. The standard InChI is InChI=1S/C22H21NO2S/c1-2-14-23(16-21-9-6-15-26-21)22(24)19-12-10-18(11-13-19)17-25-20-7-4-3-5-8-20/h2-13,15H,1,14,16-17H2. The number of ether oxygens (including phenoxy) is 1. The van der Waals surface area contributed by atoms with Gasteiger partial charge >= 0.3 is 0 Å². The molecule has 0 aliphatic rings. The minimum atomic E-state index is 0.00817. The zero-order valence-electron chi connectivity index (χ0n) is 14.5. The number of rotatable bonds is 8. The first-order chi connectivity index (χ1) is 12.8. The van der Waals surface area contributed by atoms with E-state index in [1.165, 1.54) is 0 Å². The third-order valence-corrected chi connectivity index (χ3v) is 4.77. The number of hydrogen-bond acceptors (Lipinski definition) is 3. The third-order valence-electron chi connectivity index (χ3n) is 3.91. The fourth-order valence-corrected chi connectivity index (χ4v) is 3.29. The van der Waals surface area contributed by atoms with E-state index in [1.807, 2.05) is 72.1 Å².